The van der Waals surface area contributed by atoms with E-state index in [2.05, 4.69) is 149 Å². The molecular weight excluding hydrogens is 1620 g/mol. The van der Waals surface area contributed by atoms with Gasteiger partial charge >= 0.3 is 12.4 Å². The average Bonchev–Trinajstić information content (AvgIpc) is 1.20. The first-order valence-corrected chi connectivity index (χ1v) is 40.1. The summed E-state index contributed by atoms with van der Waals surface area (Å²) in [6.45, 7) is 2.02. The van der Waals surface area contributed by atoms with Crippen LogP contribution in [0.3, 0.4) is 0 Å². The summed E-state index contributed by atoms with van der Waals surface area (Å²) in [5.74, 6) is 10.4. The van der Waals surface area contributed by atoms with Gasteiger partial charge in [-0.1, -0.05) is 149 Å². The number of anilines is 4. The number of rotatable bonds is 31. The van der Waals surface area contributed by atoms with Gasteiger partial charge < -0.3 is 0 Å². The zero-order valence-electron chi connectivity index (χ0n) is 61.7. The van der Waals surface area contributed by atoms with Gasteiger partial charge in [-0.05, 0) is 77.9 Å². The first kappa shape index (κ1) is 89.6. The first-order valence-electron chi connectivity index (χ1n) is 35.0. The van der Waals surface area contributed by atoms with Crippen molar-refractivity contribution >= 4 is 129 Å². The van der Waals surface area contributed by atoms with Gasteiger partial charge in [-0.25, -0.2) is 18.7 Å². The van der Waals surface area contributed by atoms with Gasteiger partial charge in [0.2, 0.25) is 23.6 Å². The number of hydrogen-bond acceptors (Lipinski definition) is 16. The van der Waals surface area contributed by atoms with E-state index in [-0.39, 0.29) is 108 Å². The highest BCUT2D eigenvalue weighted by Crippen LogP contribution is 2.49. The lowest BCUT2D eigenvalue weighted by Gasteiger charge is -2.35. The third-order valence-corrected chi connectivity index (χ3v) is 20.9. The van der Waals surface area contributed by atoms with Crippen LogP contribution in [0.4, 0.5) is 49.1 Å². The molecule has 11 aromatic rings. The van der Waals surface area contributed by atoms with E-state index in [1.54, 1.807) is 131 Å². The Morgan fingerprint density at radius 3 is 0.983 bits per heavy atom. The van der Waals surface area contributed by atoms with Crippen molar-refractivity contribution in [2.75, 3.05) is 80.3 Å². The number of amides is 4. The Bertz CT molecular complexity index is 4860. The quantitative estimate of drug-likeness (QED) is 0.0141. The van der Waals surface area contributed by atoms with Crippen molar-refractivity contribution < 1.29 is 45.5 Å². The Morgan fingerprint density at radius 2 is 0.696 bits per heavy atom. The summed E-state index contributed by atoms with van der Waals surface area (Å²) < 4.78 is 78.6. The molecule has 4 amide bonds. The molecule has 594 valence electrons. The van der Waals surface area contributed by atoms with Gasteiger partial charge in [-0.2, -0.15) is 82.9 Å². The minimum atomic E-state index is -4.19. The summed E-state index contributed by atoms with van der Waals surface area (Å²) in [6, 6.07) is 45.6. The fourth-order valence-electron chi connectivity index (χ4n) is 11.0. The number of benzene rings is 3. The number of alkyl halides is 6. The maximum Gasteiger partial charge on any atom is 0.389 e. The maximum atomic E-state index is 13.6. The number of thioether (sulfide) groups is 3. The van der Waals surface area contributed by atoms with Crippen LogP contribution in [0.1, 0.15) is 60.9 Å². The van der Waals surface area contributed by atoms with E-state index in [9.17, 15) is 45.5 Å². The molecule has 0 saturated heterocycles. The lowest BCUT2D eigenvalue weighted by Crippen LogP contribution is -2.32. The zero-order valence-corrected chi connectivity index (χ0v) is 67.3. The van der Waals surface area contributed by atoms with Crippen LogP contribution in [0.5, 0.6) is 0 Å². The summed E-state index contributed by atoms with van der Waals surface area (Å²) in [5.41, 5.74) is 8.78. The Hall–Kier alpha value is -10.9. The topological polar surface area (TPSA) is 204 Å². The predicted molar refractivity (Wildman–Crippen MR) is 450 cm³/mol. The van der Waals surface area contributed by atoms with Crippen LogP contribution in [-0.2, 0) is 23.9 Å². The van der Waals surface area contributed by atoms with Gasteiger partial charge in [-0.3, -0.25) is 58.7 Å². The highest BCUT2D eigenvalue weighted by molar-refractivity contribution is 8.00. The van der Waals surface area contributed by atoms with Gasteiger partial charge in [-0.15, -0.1) is 37.5 Å². The molecule has 8 aromatic heterocycles. The van der Waals surface area contributed by atoms with Crippen LogP contribution in [-0.4, -0.2) is 156 Å². The Balaban J connectivity index is 0.000000198. The molecule has 8 heterocycles. The molecule has 33 heteroatoms. The van der Waals surface area contributed by atoms with Gasteiger partial charge in [0.05, 0.1) is 127 Å². The maximum absolute atomic E-state index is 13.6. The van der Waals surface area contributed by atoms with Crippen molar-refractivity contribution in [2.45, 2.75) is 62.5 Å². The monoisotopic (exact) mass is 1690 g/mol. The molecular formula is C82H75Cl3F6N16O4S4. The number of pyridine rings is 4. The summed E-state index contributed by atoms with van der Waals surface area (Å²) in [5, 5.41) is 17.6. The normalized spacial score (nSPS) is 11.0. The van der Waals surface area contributed by atoms with Crippen molar-refractivity contribution in [3.63, 3.8) is 0 Å². The number of carbonyl (C=O) groups excluding carboxylic acids is 4. The molecule has 3 aromatic carbocycles. The summed E-state index contributed by atoms with van der Waals surface area (Å²) in [4.78, 5) is 72.6. The Kier molecular flexibility index (Phi) is 35.3. The molecule has 115 heavy (non-hydrogen) atoms. The van der Waals surface area contributed by atoms with Crippen LogP contribution in [0.2, 0.25) is 15.5 Å². The second kappa shape index (κ2) is 45.2. The summed E-state index contributed by atoms with van der Waals surface area (Å²) in [6.07, 6.45) is 32.0. The Labute approximate surface area is 695 Å². The van der Waals surface area contributed by atoms with E-state index in [1.165, 1.54) is 24.3 Å². The molecule has 0 N–H and O–H groups in total. The lowest BCUT2D eigenvalue weighted by atomic mass is 9.84. The van der Waals surface area contributed by atoms with Crippen LogP contribution < -0.4 is 19.6 Å². The number of carbonyl (C=O) groups is 4. The second-order valence-corrected chi connectivity index (χ2v) is 29.5. The number of thiol groups is 1. The molecule has 0 bridgehead atoms. The molecule has 0 aliphatic rings. The number of halogens is 9. The van der Waals surface area contributed by atoms with E-state index in [4.69, 9.17) is 60.5 Å². The van der Waals surface area contributed by atoms with Gasteiger partial charge in [0.15, 0.2) is 15.5 Å². The van der Waals surface area contributed by atoms with E-state index >= 15 is 0 Å². The molecule has 0 aliphatic carbocycles. The summed E-state index contributed by atoms with van der Waals surface area (Å²) >= 11 is 26.7. The van der Waals surface area contributed by atoms with Crippen molar-refractivity contribution in [1.82, 2.24) is 59.1 Å². The van der Waals surface area contributed by atoms with Crippen molar-refractivity contribution in [2.24, 2.45) is 0 Å². The minimum absolute atomic E-state index is 0.0233. The van der Waals surface area contributed by atoms with E-state index in [1.807, 2.05) is 42.5 Å². The van der Waals surface area contributed by atoms with Crippen LogP contribution >= 0.6 is 82.7 Å². The molecule has 0 radical (unpaired) electrons. The lowest BCUT2D eigenvalue weighted by molar-refractivity contribution is -0.130. The zero-order chi connectivity index (χ0) is 82.8. The standard InChI is InChI=1S/C33H27ClN4OS.C18H19F3N4OS.C17H16ClF3N4OS.C14H13ClN4OS/c1-2-22-37(30-25-38(36-32(30)34)29-19-12-21-35-24-29)31(39)20-23-40-33(26-13-6-3-7-14-26,27-15-8-4-9-16-27)28-17-10-5-11-18-28;1-3-9-24(17(26)6-10-27-11-7-18(19,20)21)16-13-25(23-14(16)2)15-5-4-8-22-12-15;1-2-8-24(15(26)5-9-27-10-6-17(19,20)21)14-12-25(23-16(14)18)13-4-3-7-22-11-13;1-2-7-18(13(20)5-8-21)12-10-19(17-14(12)15)11-4-3-6-16-9-11/h1,3-19,21,24-25H,20,22-23H2;1,4-5,8,12-13H,6-7,9-11H2,2H3;1,3-4,7,11-12H,5-6,8-10H2;1,3-4,6,9-10,21H,5,7-8H2. The van der Waals surface area contributed by atoms with E-state index in [0.29, 0.717) is 51.4 Å². The number of terminal acetylenes is 4. The van der Waals surface area contributed by atoms with Gasteiger partial charge in [0.25, 0.3) is 0 Å². The third-order valence-electron chi connectivity index (χ3n) is 16.3. The predicted octanol–water partition coefficient (Wildman–Crippen LogP) is 16.8. The highest BCUT2D eigenvalue weighted by atomic mass is 35.5. The number of aromatic nitrogens is 12. The largest absolute Gasteiger partial charge is 0.389 e. The molecule has 0 spiro atoms. The molecule has 11 rings (SSSR count). The van der Waals surface area contributed by atoms with Crippen LogP contribution in [0, 0.1) is 56.3 Å². The number of hydrogen-bond donors (Lipinski definition) is 1. The number of nitrogens with zero attached hydrogens (tertiary/aromatic N) is 16. The van der Waals surface area contributed by atoms with E-state index in [0.717, 1.165) is 57.3 Å². The SMILES string of the molecule is C#CCN(C(=O)CCS)c1cn(-c2cccnc2)nc1Cl.C#CCN(C(=O)CCSC(c1ccccc1)(c1ccccc1)c1ccccc1)c1cn(-c2cccnc2)nc1Cl.C#CCN(C(=O)CCSCCC(F)(F)F)c1cn(-c2cccnc2)nc1C.C#CCN(C(=O)CCSCCC(F)(F)F)c1cn(-c2cccnc2)nc1Cl. The van der Waals surface area contributed by atoms with Gasteiger partial charge in [0.1, 0.15) is 17.1 Å². The molecule has 0 unspecified atom stereocenters. The van der Waals surface area contributed by atoms with Gasteiger partial charge in [0, 0.05) is 79.2 Å². The molecule has 20 nitrogen and oxygen atoms in total. The van der Waals surface area contributed by atoms with Crippen LogP contribution in [0.15, 0.2) is 214 Å². The minimum Gasteiger partial charge on any atom is -0.297 e. The second-order valence-electron chi connectivity index (χ2n) is 24.2. The smallest absolute Gasteiger partial charge is 0.297 e. The fourth-order valence-corrected chi connectivity index (χ4v) is 15.1. The van der Waals surface area contributed by atoms with E-state index < -0.39 is 29.9 Å². The van der Waals surface area contributed by atoms with Crippen molar-refractivity contribution in [3.8, 4) is 72.1 Å². The molecule has 0 atom stereocenters. The molecule has 0 aliphatic heterocycles. The molecule has 0 fully saturated rings. The highest BCUT2D eigenvalue weighted by Gasteiger charge is 2.38. The third kappa shape index (κ3) is 26.6. The number of aryl methyl sites for hydroxylation is 1. The average molecular weight is 1700 g/mol. The first-order chi connectivity index (χ1) is 55.4. The summed E-state index contributed by atoms with van der Waals surface area (Å²) in [7, 11) is 0. The Morgan fingerprint density at radius 1 is 0.409 bits per heavy atom. The van der Waals surface area contributed by atoms with Crippen molar-refractivity contribution in [3.05, 3.63) is 252 Å². The van der Waals surface area contributed by atoms with Crippen molar-refractivity contribution in [1.29, 1.82) is 0 Å². The fraction of sp³-hybridized carbons (Fsp3) is 0.244. The van der Waals surface area contributed by atoms with Crippen LogP contribution in [0.25, 0.3) is 22.7 Å². The molecule has 0 saturated carbocycles.